The van der Waals surface area contributed by atoms with E-state index in [4.69, 9.17) is 0 Å². The SMILES string of the molecule is Cn1c2c(CN(CCO)C(=O)c3ccncc3)cccc2c2c3c(c4c5ccccc5[nH]c4c21)C(=O)NC3=O. The molecule has 9 nitrogen and oxygen atoms in total. The number of aromatic nitrogens is 3. The zero-order chi connectivity index (χ0) is 26.8. The first-order valence-electron chi connectivity index (χ1n) is 12.6. The Balaban J connectivity index is 1.52. The van der Waals surface area contributed by atoms with Crippen LogP contribution in [0.1, 0.15) is 36.6 Å². The number of hydrogen-bond donors (Lipinski definition) is 3. The topological polar surface area (TPSA) is 120 Å². The number of carbonyl (C=O) groups is 3. The van der Waals surface area contributed by atoms with Crippen molar-refractivity contribution in [2.75, 3.05) is 13.2 Å². The van der Waals surface area contributed by atoms with Crippen LogP contribution in [0.25, 0.3) is 43.6 Å². The van der Waals surface area contributed by atoms with Crippen molar-refractivity contribution >= 4 is 61.3 Å². The number of aromatic amines is 1. The summed E-state index contributed by atoms with van der Waals surface area (Å²) >= 11 is 0. The minimum absolute atomic E-state index is 0.153. The van der Waals surface area contributed by atoms with E-state index in [9.17, 15) is 19.5 Å². The van der Waals surface area contributed by atoms with E-state index in [1.807, 2.05) is 54.1 Å². The number of para-hydroxylation sites is 2. The van der Waals surface area contributed by atoms with Crippen LogP contribution in [0.15, 0.2) is 67.0 Å². The van der Waals surface area contributed by atoms with Crippen molar-refractivity contribution in [1.29, 1.82) is 0 Å². The van der Waals surface area contributed by atoms with Gasteiger partial charge >= 0.3 is 0 Å². The van der Waals surface area contributed by atoms with E-state index in [1.54, 1.807) is 29.4 Å². The molecule has 0 saturated heterocycles. The van der Waals surface area contributed by atoms with E-state index >= 15 is 0 Å². The zero-order valence-corrected chi connectivity index (χ0v) is 21.0. The number of carbonyl (C=O) groups excluding carboxylic acids is 3. The van der Waals surface area contributed by atoms with Crippen LogP contribution in [-0.2, 0) is 13.6 Å². The summed E-state index contributed by atoms with van der Waals surface area (Å²) in [6.07, 6.45) is 3.13. The molecular weight excluding hydrogens is 494 g/mol. The number of benzene rings is 3. The molecule has 0 fully saturated rings. The van der Waals surface area contributed by atoms with Crippen molar-refractivity contribution in [3.63, 3.8) is 0 Å². The van der Waals surface area contributed by atoms with Crippen LogP contribution in [0.3, 0.4) is 0 Å². The lowest BCUT2D eigenvalue weighted by Gasteiger charge is -2.22. The first-order valence-corrected chi connectivity index (χ1v) is 12.6. The summed E-state index contributed by atoms with van der Waals surface area (Å²) in [4.78, 5) is 48.7. The number of nitrogens with zero attached hydrogens (tertiary/aromatic N) is 3. The van der Waals surface area contributed by atoms with Gasteiger partial charge in [-0.2, -0.15) is 0 Å². The Labute approximate surface area is 221 Å². The Kier molecular flexibility index (Phi) is 5.04. The van der Waals surface area contributed by atoms with Gasteiger partial charge in [0.1, 0.15) is 0 Å². The molecule has 0 spiro atoms. The summed E-state index contributed by atoms with van der Waals surface area (Å²) in [7, 11) is 1.93. The maximum atomic E-state index is 13.3. The number of hydrogen-bond acceptors (Lipinski definition) is 5. The number of pyridine rings is 1. The summed E-state index contributed by atoms with van der Waals surface area (Å²) in [5.41, 5.74) is 5.39. The number of rotatable bonds is 5. The lowest BCUT2D eigenvalue weighted by atomic mass is 9.96. The van der Waals surface area contributed by atoms with Crippen molar-refractivity contribution in [2.45, 2.75) is 6.54 Å². The number of H-pyrrole nitrogens is 1. The van der Waals surface area contributed by atoms with Gasteiger partial charge in [-0.25, -0.2) is 0 Å². The van der Waals surface area contributed by atoms with E-state index < -0.39 is 11.8 Å². The van der Waals surface area contributed by atoms with Gasteiger partial charge in [-0.3, -0.25) is 24.7 Å². The fourth-order valence-corrected chi connectivity index (χ4v) is 6.04. The Bertz CT molecular complexity index is 2000. The number of aliphatic hydroxyl groups is 1. The van der Waals surface area contributed by atoms with Crippen LogP contribution in [0.5, 0.6) is 0 Å². The molecule has 0 unspecified atom stereocenters. The Hall–Kier alpha value is -5.02. The van der Waals surface area contributed by atoms with E-state index in [-0.39, 0.29) is 25.6 Å². The molecule has 192 valence electrons. The van der Waals surface area contributed by atoms with Crippen LogP contribution in [0.4, 0.5) is 0 Å². The number of aryl methyl sites for hydroxylation is 1. The molecular formula is C30H23N5O4. The third-order valence-electron chi connectivity index (χ3n) is 7.62. The van der Waals surface area contributed by atoms with Gasteiger partial charge in [0.05, 0.1) is 34.3 Å². The average Bonchev–Trinajstić information content (AvgIpc) is 3.57. The van der Waals surface area contributed by atoms with Crippen LogP contribution in [0.2, 0.25) is 0 Å². The quantitative estimate of drug-likeness (QED) is 0.300. The highest BCUT2D eigenvalue weighted by Crippen LogP contribution is 2.43. The molecule has 0 aliphatic carbocycles. The van der Waals surface area contributed by atoms with Gasteiger partial charge in [-0.1, -0.05) is 36.4 Å². The first kappa shape index (κ1) is 23.1. The van der Waals surface area contributed by atoms with Gasteiger partial charge in [0.25, 0.3) is 17.7 Å². The maximum Gasteiger partial charge on any atom is 0.259 e. The van der Waals surface area contributed by atoms with Crippen molar-refractivity contribution in [3.8, 4) is 0 Å². The number of nitrogens with one attached hydrogen (secondary N) is 2. The molecule has 1 aliphatic rings. The highest BCUT2D eigenvalue weighted by atomic mass is 16.3. The van der Waals surface area contributed by atoms with Crippen LogP contribution >= 0.6 is 0 Å². The van der Waals surface area contributed by atoms with Crippen LogP contribution in [-0.4, -0.2) is 55.4 Å². The summed E-state index contributed by atoms with van der Waals surface area (Å²) in [6.45, 7) is 0.208. The predicted molar refractivity (Wildman–Crippen MR) is 148 cm³/mol. The second-order valence-corrected chi connectivity index (χ2v) is 9.74. The van der Waals surface area contributed by atoms with E-state index in [0.717, 1.165) is 43.8 Å². The Morgan fingerprint density at radius 3 is 2.41 bits per heavy atom. The third kappa shape index (κ3) is 3.23. The van der Waals surface area contributed by atoms with Crippen LogP contribution in [0, 0.1) is 0 Å². The summed E-state index contributed by atoms with van der Waals surface area (Å²) < 4.78 is 2.03. The fourth-order valence-electron chi connectivity index (χ4n) is 6.04. The molecule has 0 bridgehead atoms. The second-order valence-electron chi connectivity index (χ2n) is 9.74. The number of amides is 3. The lowest BCUT2D eigenvalue weighted by Crippen LogP contribution is -2.33. The van der Waals surface area contributed by atoms with Gasteiger partial charge < -0.3 is 19.6 Å². The number of fused-ring (bicyclic) bond motifs is 10. The Morgan fingerprint density at radius 1 is 0.923 bits per heavy atom. The van der Waals surface area contributed by atoms with Gasteiger partial charge in [0.15, 0.2) is 0 Å². The minimum Gasteiger partial charge on any atom is -0.395 e. The lowest BCUT2D eigenvalue weighted by molar-refractivity contribution is 0.0708. The fraction of sp³-hybridized carbons (Fsp3) is 0.133. The molecule has 3 amide bonds. The largest absolute Gasteiger partial charge is 0.395 e. The average molecular weight is 518 g/mol. The van der Waals surface area contributed by atoms with Crippen LogP contribution < -0.4 is 5.32 Å². The normalized spacial score (nSPS) is 13.1. The number of aliphatic hydroxyl groups excluding tert-OH is 1. The zero-order valence-electron chi connectivity index (χ0n) is 21.0. The second kappa shape index (κ2) is 8.50. The van der Waals surface area contributed by atoms with Crippen molar-refractivity contribution < 1.29 is 19.5 Å². The van der Waals surface area contributed by atoms with Crippen molar-refractivity contribution in [3.05, 3.63) is 89.2 Å². The van der Waals surface area contributed by atoms with Gasteiger partial charge in [0.2, 0.25) is 0 Å². The van der Waals surface area contributed by atoms with Crippen molar-refractivity contribution in [2.24, 2.45) is 7.05 Å². The minimum atomic E-state index is -0.417. The van der Waals surface area contributed by atoms with E-state index in [1.165, 1.54) is 0 Å². The number of imide groups is 1. The van der Waals surface area contributed by atoms with E-state index in [2.05, 4.69) is 15.3 Å². The summed E-state index contributed by atoms with van der Waals surface area (Å²) in [6, 6.07) is 16.8. The van der Waals surface area contributed by atoms with Gasteiger partial charge in [0, 0.05) is 65.2 Å². The third-order valence-corrected chi connectivity index (χ3v) is 7.62. The Morgan fingerprint density at radius 2 is 1.64 bits per heavy atom. The van der Waals surface area contributed by atoms with Gasteiger partial charge in [-0.05, 0) is 23.8 Å². The molecule has 3 aromatic heterocycles. The molecule has 3 aromatic carbocycles. The molecule has 0 saturated carbocycles. The molecule has 1 aliphatic heterocycles. The highest BCUT2D eigenvalue weighted by Gasteiger charge is 2.35. The summed E-state index contributed by atoms with van der Waals surface area (Å²) in [5.74, 6) is -1.04. The molecule has 6 aromatic rings. The van der Waals surface area contributed by atoms with Gasteiger partial charge in [-0.15, -0.1) is 0 Å². The highest BCUT2D eigenvalue weighted by molar-refractivity contribution is 6.39. The first-order chi connectivity index (χ1) is 19.0. The monoisotopic (exact) mass is 517 g/mol. The molecule has 4 heterocycles. The molecule has 9 heteroatoms. The molecule has 0 radical (unpaired) electrons. The molecule has 39 heavy (non-hydrogen) atoms. The maximum absolute atomic E-state index is 13.3. The molecule has 0 atom stereocenters. The predicted octanol–water partition coefficient (Wildman–Crippen LogP) is 3.88. The molecule has 7 rings (SSSR count). The van der Waals surface area contributed by atoms with Crippen molar-refractivity contribution in [1.82, 2.24) is 24.8 Å². The standard InChI is InChI=1S/C30H23N5O4/c1-34-26-17(15-35(13-14-36)30(39)16-9-11-31-12-10-16)5-4-7-19(26)22-24-23(28(37)33-29(24)38)21-18-6-2-3-8-20(18)32-25(21)27(22)34/h2-12,32,36H,13-15H2,1H3,(H,33,37,38). The smallest absolute Gasteiger partial charge is 0.259 e. The summed E-state index contributed by atoms with van der Waals surface area (Å²) in [5, 5.41) is 15.4. The van der Waals surface area contributed by atoms with E-state index in [0.29, 0.717) is 22.1 Å². The molecule has 3 N–H and O–H groups in total.